The minimum atomic E-state index is -3.48. The van der Waals surface area contributed by atoms with Crippen LogP contribution in [0.3, 0.4) is 0 Å². The first kappa shape index (κ1) is 16.4. The molecule has 0 aromatic carbocycles. The highest BCUT2D eigenvalue weighted by Crippen LogP contribution is 2.27. The Labute approximate surface area is 116 Å². The summed E-state index contributed by atoms with van der Waals surface area (Å²) in [5, 5.41) is 8.93. The lowest BCUT2D eigenvalue weighted by atomic mass is 9.94. The molecule has 0 aromatic rings. The Morgan fingerprint density at radius 2 is 1.79 bits per heavy atom. The van der Waals surface area contributed by atoms with Crippen LogP contribution in [0.2, 0.25) is 0 Å². The maximum absolute atomic E-state index is 12.4. The van der Waals surface area contributed by atoms with Gasteiger partial charge in [-0.2, -0.15) is 4.31 Å². The van der Waals surface area contributed by atoms with Crippen molar-refractivity contribution < 1.29 is 18.3 Å². The monoisotopic (exact) mass is 291 g/mol. The normalized spacial score (nSPS) is 18.1. The van der Waals surface area contributed by atoms with Crippen molar-refractivity contribution in [3.05, 3.63) is 0 Å². The molecule has 0 aliphatic heterocycles. The van der Waals surface area contributed by atoms with Crippen LogP contribution in [-0.4, -0.2) is 42.1 Å². The Morgan fingerprint density at radius 3 is 2.21 bits per heavy atom. The quantitative estimate of drug-likeness (QED) is 0.813. The molecule has 0 amide bonds. The fourth-order valence-electron chi connectivity index (χ4n) is 2.33. The van der Waals surface area contributed by atoms with E-state index in [9.17, 15) is 13.2 Å². The molecule has 6 heteroatoms. The zero-order chi connectivity index (χ0) is 14.7. The average Bonchev–Trinajstić information content (AvgIpc) is 2.75. The number of aliphatic carboxylic acids is 1. The largest absolute Gasteiger partial charge is 0.480 e. The molecule has 0 heterocycles. The Bertz CT molecular complexity index is 405. The second-order valence-corrected chi connectivity index (χ2v) is 8.55. The molecule has 0 radical (unpaired) electrons. The SMILES string of the molecule is CC(C)(C)CCS(=O)(=O)N(CC(=O)O)C1CCCC1. The first-order valence-corrected chi connectivity index (χ1v) is 8.44. The van der Waals surface area contributed by atoms with Crippen molar-refractivity contribution in [3.8, 4) is 0 Å². The van der Waals surface area contributed by atoms with Gasteiger partial charge in [0.25, 0.3) is 0 Å². The molecule has 0 bridgehead atoms. The standard InChI is InChI=1S/C13H25NO4S/c1-13(2,3)8-9-19(17,18)14(10-12(15)16)11-6-4-5-7-11/h11H,4-10H2,1-3H3,(H,15,16). The number of rotatable bonds is 6. The number of carbonyl (C=O) groups is 1. The van der Waals surface area contributed by atoms with Crippen molar-refractivity contribution in [2.24, 2.45) is 5.41 Å². The third-order valence-corrected chi connectivity index (χ3v) is 5.35. The predicted octanol–water partition coefficient (Wildman–Crippen LogP) is 2.08. The zero-order valence-corrected chi connectivity index (χ0v) is 12.9. The Hall–Kier alpha value is -0.620. The lowest BCUT2D eigenvalue weighted by Gasteiger charge is -2.28. The van der Waals surface area contributed by atoms with E-state index in [-0.39, 0.29) is 17.2 Å². The molecule has 112 valence electrons. The van der Waals surface area contributed by atoms with Crippen LogP contribution in [0.1, 0.15) is 52.9 Å². The molecule has 1 saturated carbocycles. The summed E-state index contributed by atoms with van der Waals surface area (Å²) in [4.78, 5) is 10.9. The highest BCUT2D eigenvalue weighted by Gasteiger charge is 2.34. The van der Waals surface area contributed by atoms with E-state index in [0.29, 0.717) is 6.42 Å². The summed E-state index contributed by atoms with van der Waals surface area (Å²) in [7, 11) is -3.48. The van der Waals surface area contributed by atoms with Crippen LogP contribution < -0.4 is 0 Å². The molecule has 0 atom stereocenters. The minimum absolute atomic E-state index is 0.0281. The van der Waals surface area contributed by atoms with Gasteiger partial charge in [0.1, 0.15) is 6.54 Å². The topological polar surface area (TPSA) is 74.7 Å². The van der Waals surface area contributed by atoms with Gasteiger partial charge in [-0.1, -0.05) is 33.6 Å². The van der Waals surface area contributed by atoms with Gasteiger partial charge in [0.15, 0.2) is 0 Å². The highest BCUT2D eigenvalue weighted by molar-refractivity contribution is 7.89. The zero-order valence-electron chi connectivity index (χ0n) is 12.1. The molecule has 1 aliphatic carbocycles. The van der Waals surface area contributed by atoms with E-state index in [0.717, 1.165) is 25.7 Å². The Morgan fingerprint density at radius 1 is 1.26 bits per heavy atom. The van der Waals surface area contributed by atoms with Crippen molar-refractivity contribution in [2.75, 3.05) is 12.3 Å². The second-order valence-electron chi connectivity index (χ2n) is 6.50. The lowest BCUT2D eigenvalue weighted by molar-refractivity contribution is -0.137. The summed E-state index contributed by atoms with van der Waals surface area (Å²) in [6.45, 7) is 5.55. The summed E-state index contributed by atoms with van der Waals surface area (Å²) >= 11 is 0. The van der Waals surface area contributed by atoms with E-state index in [1.165, 1.54) is 4.31 Å². The maximum atomic E-state index is 12.4. The van der Waals surface area contributed by atoms with E-state index in [4.69, 9.17) is 5.11 Å². The molecule has 1 rings (SSSR count). The molecular weight excluding hydrogens is 266 g/mol. The summed E-state index contributed by atoms with van der Waals surface area (Å²) in [5.41, 5.74) is -0.0718. The molecule has 1 N–H and O–H groups in total. The molecule has 1 aliphatic rings. The predicted molar refractivity (Wildman–Crippen MR) is 74.5 cm³/mol. The molecule has 0 spiro atoms. The van der Waals surface area contributed by atoms with Crippen molar-refractivity contribution in [2.45, 2.75) is 58.9 Å². The summed E-state index contributed by atoms with van der Waals surface area (Å²) in [6, 6.07) is -0.124. The minimum Gasteiger partial charge on any atom is -0.480 e. The Balaban J connectivity index is 2.79. The first-order valence-electron chi connectivity index (χ1n) is 6.83. The van der Waals surface area contributed by atoms with Gasteiger partial charge >= 0.3 is 5.97 Å². The smallest absolute Gasteiger partial charge is 0.318 e. The molecular formula is C13H25NO4S. The van der Waals surface area contributed by atoms with Gasteiger partial charge in [0.05, 0.1) is 5.75 Å². The van der Waals surface area contributed by atoms with E-state index >= 15 is 0 Å². The summed E-state index contributed by atoms with van der Waals surface area (Å²) in [6.07, 6.45) is 4.06. The van der Waals surface area contributed by atoms with Crippen LogP contribution in [-0.2, 0) is 14.8 Å². The van der Waals surface area contributed by atoms with Crippen molar-refractivity contribution in [3.63, 3.8) is 0 Å². The van der Waals surface area contributed by atoms with E-state index < -0.39 is 22.5 Å². The van der Waals surface area contributed by atoms with Gasteiger partial charge in [0, 0.05) is 6.04 Å². The Kier molecular flexibility index (Phi) is 5.38. The van der Waals surface area contributed by atoms with Crippen LogP contribution in [0.5, 0.6) is 0 Å². The fourth-order valence-corrected chi connectivity index (χ4v) is 4.41. The average molecular weight is 291 g/mol. The van der Waals surface area contributed by atoms with Gasteiger partial charge in [0.2, 0.25) is 10.0 Å². The van der Waals surface area contributed by atoms with E-state index in [1.807, 2.05) is 20.8 Å². The van der Waals surface area contributed by atoms with Crippen LogP contribution in [0.15, 0.2) is 0 Å². The molecule has 1 fully saturated rings. The molecule has 0 aromatic heterocycles. The van der Waals surface area contributed by atoms with Gasteiger partial charge in [-0.3, -0.25) is 4.79 Å². The van der Waals surface area contributed by atoms with Crippen molar-refractivity contribution in [1.82, 2.24) is 4.31 Å². The second kappa shape index (κ2) is 6.22. The number of hydrogen-bond acceptors (Lipinski definition) is 3. The molecule has 0 saturated heterocycles. The third kappa shape index (κ3) is 5.48. The fraction of sp³-hybridized carbons (Fsp3) is 0.923. The number of nitrogens with zero attached hydrogens (tertiary/aromatic N) is 1. The van der Waals surface area contributed by atoms with Gasteiger partial charge in [-0.25, -0.2) is 8.42 Å². The van der Waals surface area contributed by atoms with Gasteiger partial charge in [-0.15, -0.1) is 0 Å². The lowest BCUT2D eigenvalue weighted by Crippen LogP contribution is -2.43. The molecule has 19 heavy (non-hydrogen) atoms. The van der Waals surface area contributed by atoms with Crippen LogP contribution in [0, 0.1) is 5.41 Å². The summed E-state index contributed by atoms with van der Waals surface area (Å²) in [5.74, 6) is -1.05. The summed E-state index contributed by atoms with van der Waals surface area (Å²) < 4.78 is 25.9. The maximum Gasteiger partial charge on any atom is 0.318 e. The number of carboxylic acids is 1. The van der Waals surface area contributed by atoms with Gasteiger partial charge in [-0.05, 0) is 24.7 Å². The van der Waals surface area contributed by atoms with Crippen LogP contribution >= 0.6 is 0 Å². The molecule has 0 unspecified atom stereocenters. The number of hydrogen-bond donors (Lipinski definition) is 1. The first-order chi connectivity index (χ1) is 8.62. The number of carboxylic acid groups (broad SMARTS) is 1. The van der Waals surface area contributed by atoms with E-state index in [1.54, 1.807) is 0 Å². The van der Waals surface area contributed by atoms with Crippen LogP contribution in [0.4, 0.5) is 0 Å². The van der Waals surface area contributed by atoms with Crippen molar-refractivity contribution in [1.29, 1.82) is 0 Å². The third-order valence-electron chi connectivity index (χ3n) is 3.49. The molecule has 5 nitrogen and oxygen atoms in total. The highest BCUT2D eigenvalue weighted by atomic mass is 32.2. The van der Waals surface area contributed by atoms with Crippen molar-refractivity contribution >= 4 is 16.0 Å². The van der Waals surface area contributed by atoms with Gasteiger partial charge < -0.3 is 5.11 Å². The number of sulfonamides is 1. The van der Waals surface area contributed by atoms with Crippen LogP contribution in [0.25, 0.3) is 0 Å². The van der Waals surface area contributed by atoms with E-state index in [2.05, 4.69) is 0 Å².